The van der Waals surface area contributed by atoms with E-state index in [4.69, 9.17) is 11.5 Å². The monoisotopic (exact) mass is 967 g/mol. The summed E-state index contributed by atoms with van der Waals surface area (Å²) < 4.78 is 0. The maximum absolute atomic E-state index is 13.4. The van der Waals surface area contributed by atoms with E-state index < -0.39 is 133 Å². The molecule has 0 aliphatic carbocycles. The number of hydrogen-bond donors (Lipinski definition) is 13. The van der Waals surface area contributed by atoms with Crippen LogP contribution < -0.4 is 59.3 Å². The molecule has 8 atom stereocenters. The number of rotatable bonds is 30. The fraction of sp³-hybridized carbons (Fsp3) is 0.744. The molecule has 2 aliphatic rings. The predicted octanol–water partition coefficient (Wildman–Crippen LogP) is -4.55. The number of nitrogens with two attached hydrogens (primary N) is 2. The number of amides is 10. The molecule has 2 rings (SSSR count). The zero-order valence-electron chi connectivity index (χ0n) is 39.8. The standard InChI is InChI=1S/C43H74N12O13/c1-23(2)16-30(54-40(64)27(12-13-33(45)57)51-34(58)20-47-38(62)29-18-26(56)19-46-29)39(63)48-21-35(59)52-31(17-24(3)4)41(65)50-25(5)37(61)49-22-36(60)55-15-9-11-32(55)42(66)53-28(43(67)68)10-7-6-8-14-44/h23-32,46,56H,6-22,44H2,1-5H3,(H2,45,57)(H,47,62)(H,48,63)(H,49,61)(H,50,65)(H,51,58)(H,52,59)(H,53,66)(H,54,64)(H,67,68)/t25-,26-,27-,28-,29-,30-,31-,32-/m1/s1. The Hall–Kier alpha value is -5.95. The first kappa shape index (κ1) is 58.2. The Morgan fingerprint density at radius 1 is 0.662 bits per heavy atom. The average Bonchev–Trinajstić information content (AvgIpc) is 3.95. The molecule has 15 N–H and O–H groups in total. The van der Waals surface area contributed by atoms with Crippen LogP contribution in [-0.4, -0.2) is 168 Å². The van der Waals surface area contributed by atoms with Gasteiger partial charge in [-0.3, -0.25) is 47.9 Å². The number of hydrogen-bond acceptors (Lipinski definition) is 14. The van der Waals surface area contributed by atoms with Crippen molar-refractivity contribution in [1.29, 1.82) is 0 Å². The molecule has 0 unspecified atom stereocenters. The van der Waals surface area contributed by atoms with Crippen LogP contribution in [0.3, 0.4) is 0 Å². The van der Waals surface area contributed by atoms with Crippen LogP contribution in [0.1, 0.15) is 105 Å². The van der Waals surface area contributed by atoms with Gasteiger partial charge in [-0.15, -0.1) is 0 Å². The summed E-state index contributed by atoms with van der Waals surface area (Å²) in [5, 5.41) is 42.0. The lowest BCUT2D eigenvalue weighted by atomic mass is 10.0. The predicted molar refractivity (Wildman–Crippen MR) is 244 cm³/mol. The third-order valence-corrected chi connectivity index (χ3v) is 11.2. The summed E-state index contributed by atoms with van der Waals surface area (Å²) in [4.78, 5) is 142. The molecular formula is C43H74N12O13. The van der Waals surface area contributed by atoms with Crippen molar-refractivity contribution >= 4 is 65.0 Å². The Kier molecular flexibility index (Phi) is 25.4. The van der Waals surface area contributed by atoms with Crippen molar-refractivity contribution in [2.45, 2.75) is 154 Å². The zero-order chi connectivity index (χ0) is 51.1. The van der Waals surface area contributed by atoms with Crippen LogP contribution in [0.5, 0.6) is 0 Å². The van der Waals surface area contributed by atoms with Crippen molar-refractivity contribution in [1.82, 2.24) is 52.8 Å². The van der Waals surface area contributed by atoms with E-state index in [-0.39, 0.29) is 63.5 Å². The van der Waals surface area contributed by atoms with E-state index in [2.05, 4.69) is 47.9 Å². The molecule has 2 fully saturated rings. The van der Waals surface area contributed by atoms with Crippen LogP contribution >= 0.6 is 0 Å². The third-order valence-electron chi connectivity index (χ3n) is 11.2. The molecule has 68 heavy (non-hydrogen) atoms. The molecule has 25 heteroatoms. The quantitative estimate of drug-likeness (QED) is 0.0302. The van der Waals surface area contributed by atoms with Crippen LogP contribution in [0.4, 0.5) is 0 Å². The molecular weight excluding hydrogens is 893 g/mol. The topological polar surface area (TPSA) is 392 Å². The summed E-state index contributed by atoms with van der Waals surface area (Å²) >= 11 is 0. The molecule has 0 aromatic carbocycles. The second-order valence-electron chi connectivity index (χ2n) is 18.1. The number of nitrogens with one attached hydrogen (secondary N) is 9. The fourth-order valence-corrected chi connectivity index (χ4v) is 7.55. The molecule has 0 spiro atoms. The number of carbonyl (C=O) groups is 11. The van der Waals surface area contributed by atoms with Crippen molar-refractivity contribution in [2.24, 2.45) is 23.3 Å². The smallest absolute Gasteiger partial charge is 0.326 e. The molecule has 25 nitrogen and oxygen atoms in total. The first-order valence-electron chi connectivity index (χ1n) is 23.3. The molecule has 0 aromatic rings. The lowest BCUT2D eigenvalue weighted by molar-refractivity contribution is -0.144. The fourth-order valence-electron chi connectivity index (χ4n) is 7.55. The molecule has 2 aliphatic heterocycles. The number of unbranched alkanes of at least 4 members (excludes halogenated alkanes) is 2. The second kappa shape index (κ2) is 29.7. The van der Waals surface area contributed by atoms with E-state index >= 15 is 0 Å². The first-order valence-corrected chi connectivity index (χ1v) is 23.3. The second-order valence-corrected chi connectivity index (χ2v) is 18.1. The summed E-state index contributed by atoms with van der Waals surface area (Å²) in [6.45, 7) is 7.73. The average molecular weight is 967 g/mol. The SMILES string of the molecule is CC(C)C[C@@H](NC(=O)CNC(=O)[C@@H](CC(C)C)NC(=O)[C@@H](CCC(N)=O)NC(=O)CNC(=O)[C@H]1C[C@@H](O)CN1)C(=O)N[C@H](C)C(=O)NCC(=O)N1CCC[C@@H]1C(=O)N[C@H](CCCCCN)C(=O)O. The van der Waals surface area contributed by atoms with E-state index in [0.717, 1.165) is 6.42 Å². The van der Waals surface area contributed by atoms with E-state index in [9.17, 15) is 63.0 Å². The maximum atomic E-state index is 13.4. The number of aliphatic hydroxyl groups is 1. The third kappa shape index (κ3) is 21.3. The molecule has 2 saturated heterocycles. The van der Waals surface area contributed by atoms with Gasteiger partial charge in [0.1, 0.15) is 36.3 Å². The van der Waals surface area contributed by atoms with E-state index in [1.165, 1.54) is 11.8 Å². The molecule has 0 bridgehead atoms. The Balaban J connectivity index is 1.97. The maximum Gasteiger partial charge on any atom is 0.326 e. The van der Waals surface area contributed by atoms with Gasteiger partial charge in [0, 0.05) is 19.5 Å². The van der Waals surface area contributed by atoms with Gasteiger partial charge in [-0.05, 0) is 76.7 Å². The normalized spacial score (nSPS) is 18.8. The van der Waals surface area contributed by atoms with Gasteiger partial charge in [0.2, 0.25) is 59.1 Å². The summed E-state index contributed by atoms with van der Waals surface area (Å²) in [6.07, 6.45) is 2.08. The minimum absolute atomic E-state index is 0.0906. The van der Waals surface area contributed by atoms with E-state index in [1.807, 2.05) is 0 Å². The zero-order valence-corrected chi connectivity index (χ0v) is 39.8. The Morgan fingerprint density at radius 3 is 1.82 bits per heavy atom. The number of likely N-dealkylation sites (tertiary alicyclic amines) is 1. The number of carboxylic acids is 1. The first-order chi connectivity index (χ1) is 32.0. The van der Waals surface area contributed by atoms with Crippen LogP contribution in [0.15, 0.2) is 0 Å². The van der Waals surface area contributed by atoms with Crippen molar-refractivity contribution in [2.75, 3.05) is 39.3 Å². The van der Waals surface area contributed by atoms with Gasteiger partial charge in [0.05, 0.1) is 31.8 Å². The van der Waals surface area contributed by atoms with Crippen LogP contribution in [0, 0.1) is 11.8 Å². The summed E-state index contributed by atoms with van der Waals surface area (Å²) in [5.74, 6) is -8.61. The Morgan fingerprint density at radius 2 is 1.25 bits per heavy atom. The lowest BCUT2D eigenvalue weighted by Crippen LogP contribution is -2.57. The number of carbonyl (C=O) groups excluding carboxylic acids is 10. The number of aliphatic carboxylic acids is 1. The van der Waals surface area contributed by atoms with Gasteiger partial charge < -0.3 is 74.4 Å². The van der Waals surface area contributed by atoms with E-state index in [0.29, 0.717) is 32.2 Å². The number of primary amides is 1. The number of carboxylic acid groups (broad SMARTS) is 1. The molecule has 10 amide bonds. The highest BCUT2D eigenvalue weighted by Crippen LogP contribution is 2.18. The summed E-state index contributed by atoms with van der Waals surface area (Å²) in [6, 6.07) is -7.68. The lowest BCUT2D eigenvalue weighted by Gasteiger charge is -2.26. The number of β-amino-alcohol motifs (C(OH)–C–C–N with tert-alkyl or cyclic N) is 1. The van der Waals surface area contributed by atoms with Gasteiger partial charge in [-0.1, -0.05) is 40.5 Å². The summed E-state index contributed by atoms with van der Waals surface area (Å²) in [5.41, 5.74) is 10.8. The highest BCUT2D eigenvalue weighted by Gasteiger charge is 2.37. The van der Waals surface area contributed by atoms with Gasteiger partial charge in [0.25, 0.3) is 0 Å². The molecule has 0 saturated carbocycles. The minimum atomic E-state index is -1.35. The Labute approximate surface area is 396 Å². The van der Waals surface area contributed by atoms with Crippen molar-refractivity contribution in [3.8, 4) is 0 Å². The highest BCUT2D eigenvalue weighted by molar-refractivity contribution is 5.97. The van der Waals surface area contributed by atoms with Gasteiger partial charge in [0.15, 0.2) is 0 Å². The van der Waals surface area contributed by atoms with Gasteiger partial charge >= 0.3 is 5.97 Å². The van der Waals surface area contributed by atoms with Gasteiger partial charge in [-0.25, -0.2) is 4.79 Å². The van der Waals surface area contributed by atoms with E-state index in [1.54, 1.807) is 27.7 Å². The molecule has 2 heterocycles. The minimum Gasteiger partial charge on any atom is -0.480 e. The molecule has 0 radical (unpaired) electrons. The number of nitrogens with zero attached hydrogens (tertiary/aromatic N) is 1. The number of aliphatic hydroxyl groups excluding tert-OH is 1. The summed E-state index contributed by atoms with van der Waals surface area (Å²) in [7, 11) is 0. The Bertz CT molecular complexity index is 1780. The van der Waals surface area contributed by atoms with Crippen molar-refractivity contribution in [3.05, 3.63) is 0 Å². The molecule has 384 valence electrons. The van der Waals surface area contributed by atoms with Crippen LogP contribution in [0.2, 0.25) is 0 Å². The molecule has 0 aromatic heterocycles. The van der Waals surface area contributed by atoms with Crippen molar-refractivity contribution < 1.29 is 63.0 Å². The van der Waals surface area contributed by atoms with Crippen LogP contribution in [0.25, 0.3) is 0 Å². The van der Waals surface area contributed by atoms with Crippen molar-refractivity contribution in [3.63, 3.8) is 0 Å². The van der Waals surface area contributed by atoms with Gasteiger partial charge in [-0.2, -0.15) is 0 Å². The largest absolute Gasteiger partial charge is 0.480 e. The van der Waals surface area contributed by atoms with Crippen LogP contribution in [-0.2, 0) is 52.7 Å². The highest BCUT2D eigenvalue weighted by atomic mass is 16.4.